The normalized spacial score (nSPS) is 11.5. The zero-order valence-electron chi connectivity index (χ0n) is 22.5. The van der Waals surface area contributed by atoms with Crippen molar-refractivity contribution in [3.05, 3.63) is 105 Å². The third-order valence-corrected chi connectivity index (χ3v) is 6.77. The monoisotopic (exact) mass is 594 g/mol. The average molecular weight is 596 g/mol. The van der Waals surface area contributed by atoms with Crippen molar-refractivity contribution in [2.45, 2.75) is 38.9 Å². The average Bonchev–Trinajstić information content (AvgIpc) is 3.37. The number of ether oxygens (including phenoxy) is 1. The molecule has 1 aromatic heterocycles. The Morgan fingerprint density at radius 1 is 1.02 bits per heavy atom. The highest BCUT2D eigenvalue weighted by Gasteiger charge is 2.22. The van der Waals surface area contributed by atoms with Crippen LogP contribution >= 0.6 is 23.2 Å². The molecule has 3 amide bonds. The van der Waals surface area contributed by atoms with E-state index in [0.29, 0.717) is 47.0 Å². The van der Waals surface area contributed by atoms with Crippen LogP contribution in [0.25, 0.3) is 11.3 Å². The molecule has 0 aliphatic carbocycles. The van der Waals surface area contributed by atoms with Gasteiger partial charge in [0, 0.05) is 29.4 Å². The van der Waals surface area contributed by atoms with Crippen LogP contribution in [0.2, 0.25) is 10.2 Å². The zero-order chi connectivity index (χ0) is 29.2. The number of nitrogens with zero attached hydrogens (tertiary/aromatic N) is 1. The molecular weight excluding hydrogens is 563 g/mol. The maximum absolute atomic E-state index is 13.0. The number of hydrogen-bond acceptors (Lipinski definition) is 5. The number of aromatic amines is 1. The number of H-pyrrole nitrogens is 1. The molecule has 0 unspecified atom stereocenters. The SMILES string of the molecule is CCCOC(=O)Nc1ccc(-c2nc([C@H](Cc3ccccc3)NC(=O)NCc3cc(Cl)ccc3CN)[nH]c2Cl)cc1. The molecule has 0 bridgehead atoms. The van der Waals surface area contributed by atoms with Gasteiger partial charge in [0.1, 0.15) is 16.7 Å². The molecule has 1 heterocycles. The van der Waals surface area contributed by atoms with Crippen LogP contribution < -0.4 is 21.7 Å². The van der Waals surface area contributed by atoms with Gasteiger partial charge in [0.25, 0.3) is 0 Å². The minimum absolute atomic E-state index is 0.257. The Labute approximate surface area is 248 Å². The lowest BCUT2D eigenvalue weighted by Gasteiger charge is -2.18. The van der Waals surface area contributed by atoms with E-state index in [4.69, 9.17) is 38.7 Å². The number of carbonyl (C=O) groups is 2. The van der Waals surface area contributed by atoms with Crippen molar-refractivity contribution in [1.82, 2.24) is 20.6 Å². The van der Waals surface area contributed by atoms with E-state index in [1.54, 1.807) is 36.4 Å². The van der Waals surface area contributed by atoms with Gasteiger partial charge in [0.05, 0.1) is 12.6 Å². The van der Waals surface area contributed by atoms with Gasteiger partial charge in [0.2, 0.25) is 0 Å². The van der Waals surface area contributed by atoms with E-state index in [9.17, 15) is 9.59 Å². The molecule has 6 N–H and O–H groups in total. The molecule has 0 fully saturated rings. The summed E-state index contributed by atoms with van der Waals surface area (Å²) in [5.41, 5.74) is 10.4. The fraction of sp³-hybridized carbons (Fsp3) is 0.233. The Bertz CT molecular complexity index is 1460. The molecule has 214 valence electrons. The summed E-state index contributed by atoms with van der Waals surface area (Å²) in [6, 6.07) is 21.4. The number of halogens is 2. The van der Waals surface area contributed by atoms with E-state index < -0.39 is 12.1 Å². The van der Waals surface area contributed by atoms with Gasteiger partial charge in [-0.15, -0.1) is 0 Å². The van der Waals surface area contributed by atoms with E-state index in [1.165, 1.54) is 0 Å². The van der Waals surface area contributed by atoms with Crippen LogP contribution in [0.15, 0.2) is 72.8 Å². The van der Waals surface area contributed by atoms with Crippen LogP contribution in [-0.2, 0) is 24.2 Å². The Morgan fingerprint density at radius 2 is 1.78 bits per heavy atom. The third kappa shape index (κ3) is 8.47. The number of anilines is 1. The van der Waals surface area contributed by atoms with Crippen LogP contribution in [0, 0.1) is 0 Å². The number of carbonyl (C=O) groups excluding carboxylic acids is 2. The quantitative estimate of drug-likeness (QED) is 0.134. The van der Waals surface area contributed by atoms with Crippen LogP contribution in [0.3, 0.4) is 0 Å². The molecule has 9 nitrogen and oxygen atoms in total. The molecule has 0 radical (unpaired) electrons. The zero-order valence-corrected chi connectivity index (χ0v) is 24.1. The Kier molecular flexibility index (Phi) is 10.6. The van der Waals surface area contributed by atoms with Crippen LogP contribution in [0.1, 0.15) is 41.9 Å². The maximum atomic E-state index is 13.0. The molecule has 1 atom stereocenters. The van der Waals surface area contributed by atoms with Crippen molar-refractivity contribution >= 4 is 41.0 Å². The lowest BCUT2D eigenvalue weighted by molar-refractivity contribution is 0.161. The topological polar surface area (TPSA) is 134 Å². The van der Waals surface area contributed by atoms with Gasteiger partial charge in [-0.2, -0.15) is 0 Å². The van der Waals surface area contributed by atoms with E-state index in [0.717, 1.165) is 28.7 Å². The van der Waals surface area contributed by atoms with Crippen LogP contribution in [0.4, 0.5) is 15.3 Å². The molecule has 0 aliphatic heterocycles. The van der Waals surface area contributed by atoms with Crippen LogP contribution in [-0.4, -0.2) is 28.7 Å². The number of nitrogens with two attached hydrogens (primary N) is 1. The van der Waals surface area contributed by atoms with Gasteiger partial charge in [0.15, 0.2) is 0 Å². The first-order valence-corrected chi connectivity index (χ1v) is 14.0. The van der Waals surface area contributed by atoms with E-state index >= 15 is 0 Å². The minimum atomic E-state index is -0.512. The standard InChI is InChI=1S/C30H32Cl2N6O3/c1-2-14-41-30(40)35-24-12-9-20(10-13-24)26-27(32)38-28(37-26)25(15-19-6-4-3-5-7-19)36-29(39)34-18-22-16-23(31)11-8-21(22)17-33/h3-13,16,25H,2,14-15,17-18,33H2,1H3,(H,35,40)(H,37,38)(H2,34,36,39)/t25-/m0/s1. The van der Waals surface area contributed by atoms with Crippen molar-refractivity contribution < 1.29 is 14.3 Å². The van der Waals surface area contributed by atoms with Gasteiger partial charge >= 0.3 is 12.1 Å². The first-order chi connectivity index (χ1) is 19.9. The molecule has 41 heavy (non-hydrogen) atoms. The predicted octanol–water partition coefficient (Wildman–Crippen LogP) is 6.58. The third-order valence-electron chi connectivity index (χ3n) is 6.27. The molecule has 4 aromatic rings. The number of imidazole rings is 1. The summed E-state index contributed by atoms with van der Waals surface area (Å²) in [6.45, 7) is 2.87. The first kappa shape index (κ1) is 29.9. The first-order valence-electron chi connectivity index (χ1n) is 13.2. The molecule has 0 spiro atoms. The molecule has 0 saturated heterocycles. The minimum Gasteiger partial charge on any atom is -0.449 e. The second kappa shape index (κ2) is 14.5. The van der Waals surface area contributed by atoms with Gasteiger partial charge in [-0.3, -0.25) is 5.32 Å². The summed E-state index contributed by atoms with van der Waals surface area (Å²) < 4.78 is 5.06. The molecule has 11 heteroatoms. The summed E-state index contributed by atoms with van der Waals surface area (Å²) in [4.78, 5) is 32.7. The Balaban J connectivity index is 1.50. The predicted molar refractivity (Wildman–Crippen MR) is 162 cm³/mol. The molecule has 0 saturated carbocycles. The lowest BCUT2D eigenvalue weighted by Crippen LogP contribution is -2.39. The fourth-order valence-electron chi connectivity index (χ4n) is 4.19. The van der Waals surface area contributed by atoms with Crippen molar-refractivity contribution in [3.63, 3.8) is 0 Å². The number of nitrogens with one attached hydrogen (secondary N) is 4. The largest absolute Gasteiger partial charge is 0.449 e. The molecular formula is C30H32Cl2N6O3. The van der Waals surface area contributed by atoms with E-state index in [-0.39, 0.29) is 12.6 Å². The summed E-state index contributed by atoms with van der Waals surface area (Å²) in [7, 11) is 0. The van der Waals surface area contributed by atoms with Crippen molar-refractivity contribution in [3.8, 4) is 11.3 Å². The number of hydrogen-bond donors (Lipinski definition) is 5. The number of rotatable bonds is 11. The van der Waals surface area contributed by atoms with Crippen LogP contribution in [0.5, 0.6) is 0 Å². The van der Waals surface area contributed by atoms with E-state index in [2.05, 4.69) is 20.9 Å². The number of aromatic nitrogens is 2. The number of amides is 3. The maximum Gasteiger partial charge on any atom is 0.411 e. The highest BCUT2D eigenvalue weighted by Crippen LogP contribution is 2.29. The Morgan fingerprint density at radius 3 is 2.49 bits per heavy atom. The van der Waals surface area contributed by atoms with Gasteiger partial charge < -0.3 is 26.1 Å². The smallest absolute Gasteiger partial charge is 0.411 e. The summed E-state index contributed by atoms with van der Waals surface area (Å²) >= 11 is 12.7. The Hall–Kier alpha value is -4.05. The summed E-state index contributed by atoms with van der Waals surface area (Å²) in [5, 5.41) is 9.49. The highest BCUT2D eigenvalue weighted by atomic mass is 35.5. The number of benzene rings is 3. The fourth-order valence-corrected chi connectivity index (χ4v) is 4.64. The van der Waals surface area contributed by atoms with Gasteiger partial charge in [-0.1, -0.05) is 78.7 Å². The highest BCUT2D eigenvalue weighted by molar-refractivity contribution is 6.32. The molecule has 4 rings (SSSR count). The summed E-state index contributed by atoms with van der Waals surface area (Å²) in [6.07, 6.45) is 0.707. The van der Waals surface area contributed by atoms with E-state index in [1.807, 2.05) is 43.3 Å². The lowest BCUT2D eigenvalue weighted by atomic mass is 10.1. The summed E-state index contributed by atoms with van der Waals surface area (Å²) in [5.74, 6) is 0.500. The van der Waals surface area contributed by atoms with Gasteiger partial charge in [-0.25, -0.2) is 14.6 Å². The van der Waals surface area contributed by atoms with Crippen molar-refractivity contribution in [2.75, 3.05) is 11.9 Å². The van der Waals surface area contributed by atoms with Gasteiger partial charge in [-0.05, 0) is 53.8 Å². The number of urea groups is 1. The van der Waals surface area contributed by atoms with Crippen molar-refractivity contribution in [1.29, 1.82) is 0 Å². The second-order valence-electron chi connectivity index (χ2n) is 9.31. The second-order valence-corrected chi connectivity index (χ2v) is 10.1. The van der Waals surface area contributed by atoms with Crippen molar-refractivity contribution in [2.24, 2.45) is 5.73 Å². The molecule has 0 aliphatic rings. The molecule has 3 aromatic carbocycles.